The summed E-state index contributed by atoms with van der Waals surface area (Å²) >= 11 is 0. The molecule has 0 radical (unpaired) electrons. The Bertz CT molecular complexity index is 267. The van der Waals surface area contributed by atoms with Gasteiger partial charge in [0.2, 0.25) is 0 Å². The summed E-state index contributed by atoms with van der Waals surface area (Å²) in [5.74, 6) is -0.877. The van der Waals surface area contributed by atoms with Crippen LogP contribution in [0.25, 0.3) is 0 Å². The largest absolute Gasteiger partial charge is 0.481 e. The van der Waals surface area contributed by atoms with Crippen LogP contribution in [0.4, 0.5) is 0 Å². The van der Waals surface area contributed by atoms with E-state index in [1.54, 1.807) is 0 Å². The van der Waals surface area contributed by atoms with Crippen LogP contribution in [-0.2, 0) is 9.53 Å². The molecule has 92 valence electrons. The number of ether oxygens (including phenoxy) is 1. The lowest BCUT2D eigenvalue weighted by molar-refractivity contribution is -0.149. The molecule has 4 heteroatoms. The third-order valence-corrected chi connectivity index (χ3v) is 4.06. The molecular weight excluding hydrogens is 206 g/mol. The van der Waals surface area contributed by atoms with Crippen molar-refractivity contribution in [3.05, 3.63) is 0 Å². The van der Waals surface area contributed by atoms with E-state index in [9.17, 15) is 9.90 Å². The Balaban J connectivity index is 2.08. The minimum Gasteiger partial charge on any atom is -0.481 e. The summed E-state index contributed by atoms with van der Waals surface area (Å²) in [6, 6.07) is 0. The van der Waals surface area contributed by atoms with E-state index in [1.165, 1.54) is 0 Å². The Morgan fingerprint density at radius 2 is 2.44 bits per heavy atom. The van der Waals surface area contributed by atoms with Crippen LogP contribution >= 0.6 is 0 Å². The van der Waals surface area contributed by atoms with E-state index in [0.29, 0.717) is 6.54 Å². The van der Waals surface area contributed by atoms with E-state index >= 15 is 0 Å². The molecule has 0 aromatic rings. The van der Waals surface area contributed by atoms with Crippen LogP contribution < -0.4 is 5.32 Å². The topological polar surface area (TPSA) is 58.6 Å². The Morgan fingerprint density at radius 1 is 1.62 bits per heavy atom. The zero-order valence-corrected chi connectivity index (χ0v) is 9.87. The van der Waals surface area contributed by atoms with Crippen LogP contribution in [0, 0.1) is 11.3 Å². The number of carboxylic acid groups (broad SMARTS) is 1. The van der Waals surface area contributed by atoms with Crippen molar-refractivity contribution in [3.63, 3.8) is 0 Å². The highest BCUT2D eigenvalue weighted by Crippen LogP contribution is 2.43. The number of carbonyl (C=O) groups is 1. The van der Waals surface area contributed by atoms with Gasteiger partial charge in [0.25, 0.3) is 0 Å². The van der Waals surface area contributed by atoms with Crippen molar-refractivity contribution in [3.8, 4) is 0 Å². The van der Waals surface area contributed by atoms with Crippen molar-refractivity contribution in [2.75, 3.05) is 19.7 Å². The highest BCUT2D eigenvalue weighted by atomic mass is 16.5. The highest BCUT2D eigenvalue weighted by molar-refractivity contribution is 5.72. The van der Waals surface area contributed by atoms with Gasteiger partial charge >= 0.3 is 5.97 Å². The molecule has 0 aromatic carbocycles. The fourth-order valence-electron chi connectivity index (χ4n) is 3.18. The Hall–Kier alpha value is -0.610. The van der Waals surface area contributed by atoms with Crippen LogP contribution in [0.5, 0.6) is 0 Å². The number of carboxylic acids is 1. The number of nitrogens with one attached hydrogen (secondary N) is 1. The number of rotatable bonds is 3. The van der Waals surface area contributed by atoms with Crippen molar-refractivity contribution < 1.29 is 14.6 Å². The van der Waals surface area contributed by atoms with Crippen molar-refractivity contribution in [2.24, 2.45) is 11.3 Å². The van der Waals surface area contributed by atoms with E-state index in [-0.39, 0.29) is 17.4 Å². The van der Waals surface area contributed by atoms with Crippen molar-refractivity contribution in [1.29, 1.82) is 0 Å². The third-order valence-electron chi connectivity index (χ3n) is 4.06. The molecule has 0 bridgehead atoms. The van der Waals surface area contributed by atoms with E-state index in [2.05, 4.69) is 12.2 Å². The van der Waals surface area contributed by atoms with Gasteiger partial charge in [-0.25, -0.2) is 0 Å². The first-order valence-corrected chi connectivity index (χ1v) is 6.23. The van der Waals surface area contributed by atoms with E-state index < -0.39 is 5.97 Å². The second-order valence-corrected chi connectivity index (χ2v) is 5.12. The fourth-order valence-corrected chi connectivity index (χ4v) is 3.18. The van der Waals surface area contributed by atoms with E-state index in [0.717, 1.165) is 38.8 Å². The molecule has 1 spiro atoms. The smallest absolute Gasteiger partial charge is 0.308 e. The molecule has 0 saturated carbocycles. The first-order chi connectivity index (χ1) is 7.68. The summed E-state index contributed by atoms with van der Waals surface area (Å²) in [5, 5.41) is 12.5. The quantitative estimate of drug-likeness (QED) is 0.762. The zero-order valence-electron chi connectivity index (χ0n) is 9.87. The van der Waals surface area contributed by atoms with Crippen molar-refractivity contribution in [1.82, 2.24) is 5.32 Å². The molecule has 2 aliphatic rings. The lowest BCUT2D eigenvalue weighted by Gasteiger charge is -2.40. The van der Waals surface area contributed by atoms with Gasteiger partial charge in [-0.2, -0.15) is 0 Å². The van der Waals surface area contributed by atoms with Gasteiger partial charge in [0.05, 0.1) is 12.0 Å². The van der Waals surface area contributed by atoms with Crippen molar-refractivity contribution in [2.45, 2.75) is 38.7 Å². The SMILES string of the molecule is CCCC1CC2(CCO1)CNCC2C(=O)O. The lowest BCUT2D eigenvalue weighted by Crippen LogP contribution is -2.43. The van der Waals surface area contributed by atoms with Crippen LogP contribution in [0.2, 0.25) is 0 Å². The number of hydrogen-bond donors (Lipinski definition) is 2. The van der Waals surface area contributed by atoms with Gasteiger partial charge in [-0.15, -0.1) is 0 Å². The fraction of sp³-hybridized carbons (Fsp3) is 0.917. The molecule has 2 N–H and O–H groups in total. The van der Waals surface area contributed by atoms with Crippen molar-refractivity contribution >= 4 is 5.97 Å². The molecule has 2 heterocycles. The third kappa shape index (κ3) is 2.09. The number of hydrogen-bond acceptors (Lipinski definition) is 3. The van der Waals surface area contributed by atoms with Crippen LogP contribution in [0.3, 0.4) is 0 Å². The molecule has 2 saturated heterocycles. The van der Waals surface area contributed by atoms with Gasteiger partial charge in [-0.05, 0) is 19.3 Å². The Labute approximate surface area is 96.4 Å². The summed E-state index contributed by atoms with van der Waals surface area (Å²) in [7, 11) is 0. The molecule has 4 nitrogen and oxygen atoms in total. The minimum atomic E-state index is -0.651. The van der Waals surface area contributed by atoms with Gasteiger partial charge in [-0.3, -0.25) is 4.79 Å². The molecule has 2 aliphatic heterocycles. The van der Waals surface area contributed by atoms with Gasteiger partial charge in [0, 0.05) is 25.1 Å². The Morgan fingerprint density at radius 3 is 3.12 bits per heavy atom. The monoisotopic (exact) mass is 227 g/mol. The molecule has 0 aromatic heterocycles. The molecule has 16 heavy (non-hydrogen) atoms. The molecular formula is C12H21NO3. The predicted octanol–water partition coefficient (Wildman–Crippen LogP) is 1.26. The summed E-state index contributed by atoms with van der Waals surface area (Å²) in [4.78, 5) is 11.3. The lowest BCUT2D eigenvalue weighted by atomic mass is 9.70. The van der Waals surface area contributed by atoms with Gasteiger partial charge in [0.15, 0.2) is 0 Å². The summed E-state index contributed by atoms with van der Waals surface area (Å²) in [6.45, 7) is 4.32. The summed E-state index contributed by atoms with van der Waals surface area (Å²) in [6.07, 6.45) is 4.21. The van der Waals surface area contributed by atoms with E-state index in [4.69, 9.17) is 4.74 Å². The number of aliphatic carboxylic acids is 1. The van der Waals surface area contributed by atoms with Gasteiger partial charge in [0.1, 0.15) is 0 Å². The predicted molar refractivity (Wildman–Crippen MR) is 60.3 cm³/mol. The summed E-state index contributed by atoms with van der Waals surface area (Å²) < 4.78 is 5.71. The molecule has 3 unspecified atom stereocenters. The highest BCUT2D eigenvalue weighted by Gasteiger charge is 2.49. The first-order valence-electron chi connectivity index (χ1n) is 6.23. The molecule has 0 aliphatic carbocycles. The van der Waals surface area contributed by atoms with Crippen LogP contribution in [0.15, 0.2) is 0 Å². The maximum atomic E-state index is 11.3. The molecule has 0 amide bonds. The molecule has 2 fully saturated rings. The molecule has 3 atom stereocenters. The van der Waals surface area contributed by atoms with E-state index in [1.807, 2.05) is 0 Å². The van der Waals surface area contributed by atoms with Crippen LogP contribution in [0.1, 0.15) is 32.6 Å². The normalized spacial score (nSPS) is 39.1. The standard InChI is InChI=1S/C12H21NO3/c1-2-3-9-6-12(4-5-16-9)8-13-7-10(12)11(14)15/h9-10,13H,2-8H2,1H3,(H,14,15). The van der Waals surface area contributed by atoms with Crippen LogP contribution in [-0.4, -0.2) is 36.9 Å². The second kappa shape index (κ2) is 4.72. The summed E-state index contributed by atoms with van der Waals surface area (Å²) in [5.41, 5.74) is -0.0517. The molecule has 2 rings (SSSR count). The Kier molecular flexibility index (Phi) is 3.50. The average Bonchev–Trinajstić information content (AvgIpc) is 2.62. The maximum absolute atomic E-state index is 11.3. The maximum Gasteiger partial charge on any atom is 0.308 e. The van der Waals surface area contributed by atoms with Gasteiger partial charge < -0.3 is 15.2 Å². The second-order valence-electron chi connectivity index (χ2n) is 5.12. The average molecular weight is 227 g/mol. The minimum absolute atomic E-state index is 0.0517. The zero-order chi connectivity index (χ0) is 11.6. The first kappa shape index (κ1) is 11.9. The van der Waals surface area contributed by atoms with Gasteiger partial charge in [-0.1, -0.05) is 13.3 Å².